The van der Waals surface area contributed by atoms with Crippen molar-refractivity contribution in [2.24, 2.45) is 10.5 Å². The zero-order valence-corrected chi connectivity index (χ0v) is 23.4. The molecule has 0 aliphatic carbocycles. The third-order valence-electron chi connectivity index (χ3n) is 7.57. The Bertz CT molecular complexity index is 1330. The molecule has 1 fully saturated rings. The van der Waals surface area contributed by atoms with E-state index in [0.29, 0.717) is 37.9 Å². The predicted octanol–water partition coefficient (Wildman–Crippen LogP) is 2.36. The number of hydrogen-bond donors (Lipinski definition) is 3. The molecule has 2 atom stereocenters. The van der Waals surface area contributed by atoms with E-state index in [2.05, 4.69) is 20.7 Å². The van der Waals surface area contributed by atoms with E-state index in [1.54, 1.807) is 18.0 Å². The summed E-state index contributed by atoms with van der Waals surface area (Å²) in [6, 6.07) is 11.4. The highest BCUT2D eigenvalue weighted by atomic mass is 19.1. The van der Waals surface area contributed by atoms with Crippen LogP contribution in [0.1, 0.15) is 44.4 Å². The quantitative estimate of drug-likeness (QED) is 0.403. The van der Waals surface area contributed by atoms with Gasteiger partial charge in [-0.15, -0.1) is 0 Å². The maximum Gasteiger partial charge on any atom is 0.405 e. The molecule has 0 unspecified atom stereocenters. The van der Waals surface area contributed by atoms with Gasteiger partial charge in [0, 0.05) is 32.3 Å². The van der Waals surface area contributed by atoms with E-state index in [9.17, 15) is 23.6 Å². The molecule has 2 aliphatic heterocycles. The molecule has 4 rings (SSSR count). The van der Waals surface area contributed by atoms with Crippen molar-refractivity contribution >= 4 is 29.5 Å². The Hall–Kier alpha value is -4.35. The second kappa shape index (κ2) is 12.0. The fourth-order valence-corrected chi connectivity index (χ4v) is 5.40. The van der Waals surface area contributed by atoms with E-state index in [0.717, 1.165) is 17.5 Å². The standard InChI is InChI=1S/C29H35FN6O5/c1-28(2,33-27(40)41)25(38)32-22(11-7-10-21-13-12-20(30)17-31-21)24(37)36-15-14-23-29(18-36,26(39)35(3)34-23)16-19-8-5-4-6-9-19/h4-6,8-9,12-13,17,22,33H,7,10-11,14-16,18H2,1-3H3,(H,32,38)(H,40,41)/t22-,29-/m1/s1. The lowest BCUT2D eigenvalue weighted by molar-refractivity contribution is -0.142. The van der Waals surface area contributed by atoms with Crippen molar-refractivity contribution in [2.75, 3.05) is 20.1 Å². The second-order valence-electron chi connectivity index (χ2n) is 11.1. The third kappa shape index (κ3) is 6.69. The van der Waals surface area contributed by atoms with E-state index >= 15 is 0 Å². The van der Waals surface area contributed by atoms with Crippen LogP contribution < -0.4 is 10.6 Å². The number of pyridine rings is 1. The zero-order chi connectivity index (χ0) is 29.8. The number of fused-ring (bicyclic) bond motifs is 1. The molecule has 2 aromatic rings. The minimum Gasteiger partial charge on any atom is -0.465 e. The number of rotatable bonds is 10. The lowest BCUT2D eigenvalue weighted by Gasteiger charge is -2.41. The summed E-state index contributed by atoms with van der Waals surface area (Å²) in [4.78, 5) is 57.5. The minimum absolute atomic E-state index is 0.103. The molecule has 0 spiro atoms. The first-order valence-electron chi connectivity index (χ1n) is 13.5. The molecule has 1 aromatic carbocycles. The molecule has 2 aliphatic rings. The maximum absolute atomic E-state index is 14.0. The summed E-state index contributed by atoms with van der Waals surface area (Å²) >= 11 is 0. The van der Waals surface area contributed by atoms with Gasteiger partial charge in [-0.1, -0.05) is 30.3 Å². The van der Waals surface area contributed by atoms with Crippen LogP contribution in [0.15, 0.2) is 53.8 Å². The molecular formula is C29H35FN6O5. The summed E-state index contributed by atoms with van der Waals surface area (Å²) in [5.74, 6) is -1.67. The normalized spacial score (nSPS) is 19.3. The van der Waals surface area contributed by atoms with Crippen LogP contribution in [0.4, 0.5) is 9.18 Å². The topological polar surface area (TPSA) is 144 Å². The van der Waals surface area contributed by atoms with E-state index in [-0.39, 0.29) is 24.8 Å². The van der Waals surface area contributed by atoms with Gasteiger partial charge in [0.05, 0.1) is 11.9 Å². The Morgan fingerprint density at radius 2 is 1.90 bits per heavy atom. The summed E-state index contributed by atoms with van der Waals surface area (Å²) in [5.41, 5.74) is -0.203. The van der Waals surface area contributed by atoms with Gasteiger partial charge in [0.2, 0.25) is 11.8 Å². The first-order chi connectivity index (χ1) is 19.4. The fourth-order valence-electron chi connectivity index (χ4n) is 5.40. The summed E-state index contributed by atoms with van der Waals surface area (Å²) in [6.45, 7) is 3.24. The molecule has 11 nitrogen and oxygen atoms in total. The number of benzene rings is 1. The van der Waals surface area contributed by atoms with Gasteiger partial charge in [0.1, 0.15) is 22.8 Å². The summed E-state index contributed by atoms with van der Waals surface area (Å²) in [6.07, 6.45) is 1.64. The van der Waals surface area contributed by atoms with Crippen molar-refractivity contribution in [2.45, 2.75) is 57.5 Å². The number of nitrogens with zero attached hydrogens (tertiary/aromatic N) is 4. The molecule has 3 heterocycles. The van der Waals surface area contributed by atoms with Gasteiger partial charge >= 0.3 is 6.09 Å². The van der Waals surface area contributed by atoms with Crippen LogP contribution in [0.3, 0.4) is 0 Å². The lowest BCUT2D eigenvalue weighted by Crippen LogP contribution is -2.61. The Morgan fingerprint density at radius 1 is 1.17 bits per heavy atom. The molecule has 1 saturated heterocycles. The van der Waals surface area contributed by atoms with Gasteiger partial charge < -0.3 is 20.6 Å². The van der Waals surface area contributed by atoms with Crippen molar-refractivity contribution < 1.29 is 28.7 Å². The Labute approximate surface area is 237 Å². The van der Waals surface area contributed by atoms with E-state index in [4.69, 9.17) is 5.11 Å². The highest BCUT2D eigenvalue weighted by Crippen LogP contribution is 2.38. The summed E-state index contributed by atoms with van der Waals surface area (Å²) in [7, 11) is 1.61. The van der Waals surface area contributed by atoms with E-state index in [1.807, 2.05) is 30.3 Å². The van der Waals surface area contributed by atoms with Gasteiger partial charge in [-0.05, 0) is 57.2 Å². The molecule has 3 N–H and O–H groups in total. The van der Waals surface area contributed by atoms with Crippen molar-refractivity contribution in [3.8, 4) is 0 Å². The number of carboxylic acid groups (broad SMARTS) is 1. The molecule has 1 aromatic heterocycles. The average molecular weight is 567 g/mol. The number of halogens is 1. The lowest BCUT2D eigenvalue weighted by atomic mass is 9.73. The fraction of sp³-hybridized carbons (Fsp3) is 0.448. The van der Waals surface area contributed by atoms with Crippen LogP contribution in [0.2, 0.25) is 0 Å². The van der Waals surface area contributed by atoms with E-state index in [1.165, 1.54) is 24.9 Å². The van der Waals surface area contributed by atoms with Gasteiger partial charge in [0.25, 0.3) is 5.91 Å². The number of hydrogen-bond acceptors (Lipinski definition) is 6. The summed E-state index contributed by atoms with van der Waals surface area (Å²) in [5, 5.41) is 19.9. The van der Waals surface area contributed by atoms with Crippen LogP contribution in [0.25, 0.3) is 0 Å². The Kier molecular flexibility index (Phi) is 8.69. The number of amides is 4. The molecule has 41 heavy (non-hydrogen) atoms. The monoisotopic (exact) mass is 566 g/mol. The molecule has 12 heteroatoms. The van der Waals surface area contributed by atoms with Gasteiger partial charge in [0.15, 0.2) is 0 Å². The number of aryl methyl sites for hydroxylation is 1. The van der Waals surface area contributed by atoms with Gasteiger partial charge in [-0.2, -0.15) is 5.10 Å². The van der Waals surface area contributed by atoms with Crippen LogP contribution in [0, 0.1) is 11.2 Å². The van der Waals surface area contributed by atoms with Crippen molar-refractivity contribution in [3.05, 3.63) is 65.7 Å². The number of nitrogens with one attached hydrogen (secondary N) is 2. The highest BCUT2D eigenvalue weighted by molar-refractivity contribution is 6.13. The zero-order valence-electron chi connectivity index (χ0n) is 23.4. The maximum atomic E-state index is 14.0. The Morgan fingerprint density at radius 3 is 2.56 bits per heavy atom. The van der Waals surface area contributed by atoms with Gasteiger partial charge in [-0.3, -0.25) is 19.4 Å². The minimum atomic E-state index is -1.50. The number of aromatic nitrogens is 1. The first kappa shape index (κ1) is 29.6. The number of likely N-dealkylation sites (tertiary alicyclic amines) is 1. The van der Waals surface area contributed by atoms with Crippen molar-refractivity contribution in [1.82, 2.24) is 25.5 Å². The van der Waals surface area contributed by atoms with E-state index < -0.39 is 34.8 Å². The summed E-state index contributed by atoms with van der Waals surface area (Å²) < 4.78 is 13.3. The van der Waals surface area contributed by atoms with Crippen molar-refractivity contribution in [3.63, 3.8) is 0 Å². The first-order valence-corrected chi connectivity index (χ1v) is 13.5. The SMILES string of the molecule is CN1N=C2CCN(C(=O)[C@@H](CCCc3ccc(F)cn3)NC(=O)C(C)(C)NC(=O)O)C[C@@]2(Cc2ccccc2)C1=O. The second-order valence-corrected chi connectivity index (χ2v) is 11.1. The average Bonchev–Trinajstić information content (AvgIpc) is 3.17. The highest BCUT2D eigenvalue weighted by Gasteiger charge is 2.54. The predicted molar refractivity (Wildman–Crippen MR) is 148 cm³/mol. The van der Waals surface area contributed by atoms with Crippen LogP contribution in [0.5, 0.6) is 0 Å². The van der Waals surface area contributed by atoms with Crippen LogP contribution in [-0.4, -0.2) is 81.2 Å². The number of piperidine rings is 1. The van der Waals surface area contributed by atoms with Crippen molar-refractivity contribution in [1.29, 1.82) is 0 Å². The smallest absolute Gasteiger partial charge is 0.405 e. The largest absolute Gasteiger partial charge is 0.465 e. The third-order valence-corrected chi connectivity index (χ3v) is 7.57. The number of hydrazone groups is 1. The van der Waals surface area contributed by atoms with Crippen LogP contribution >= 0.6 is 0 Å². The van der Waals surface area contributed by atoms with Gasteiger partial charge in [-0.25, -0.2) is 14.2 Å². The number of carbonyl (C=O) groups is 4. The molecule has 0 bridgehead atoms. The molecule has 0 saturated carbocycles. The van der Waals surface area contributed by atoms with Crippen LogP contribution in [-0.2, 0) is 27.2 Å². The number of carbonyl (C=O) groups excluding carboxylic acids is 3. The molecule has 0 radical (unpaired) electrons. The molecule has 4 amide bonds. The molecular weight excluding hydrogens is 531 g/mol. The Balaban J connectivity index is 1.56. The molecule has 218 valence electrons.